The largest absolute Gasteiger partial charge is 0.495 e. The van der Waals surface area contributed by atoms with Crippen molar-refractivity contribution in [1.29, 1.82) is 0 Å². The number of nitrogen functional groups attached to an aromatic ring is 1. The van der Waals surface area contributed by atoms with Crippen LogP contribution in [0.3, 0.4) is 0 Å². The van der Waals surface area contributed by atoms with Gasteiger partial charge in [-0.15, -0.1) is 0 Å². The van der Waals surface area contributed by atoms with Gasteiger partial charge in [0.15, 0.2) is 0 Å². The predicted octanol–water partition coefficient (Wildman–Crippen LogP) is 2.85. The monoisotopic (exact) mass is 286 g/mol. The molecule has 0 heterocycles. The number of anilines is 2. The number of benzene rings is 2. The first-order valence-electron chi connectivity index (χ1n) is 6.44. The molecule has 0 aromatic heterocycles. The minimum Gasteiger partial charge on any atom is -0.495 e. The number of nitrogens with two attached hydrogens (primary N) is 1. The highest BCUT2D eigenvalue weighted by atomic mass is 16.5. The number of nitrogens with one attached hydrogen (secondary N) is 1. The fourth-order valence-electron chi connectivity index (χ4n) is 1.95. The van der Waals surface area contributed by atoms with E-state index in [9.17, 15) is 4.79 Å². The molecule has 0 radical (unpaired) electrons. The fourth-order valence-corrected chi connectivity index (χ4v) is 1.95. The van der Waals surface area contributed by atoms with Crippen LogP contribution in [0, 0.1) is 6.92 Å². The molecule has 5 heteroatoms. The van der Waals surface area contributed by atoms with Crippen LogP contribution in [0.15, 0.2) is 36.4 Å². The second-order valence-corrected chi connectivity index (χ2v) is 4.61. The molecule has 21 heavy (non-hydrogen) atoms. The number of ether oxygens (including phenoxy) is 2. The summed E-state index contributed by atoms with van der Waals surface area (Å²) in [7, 11) is 3.08. The van der Waals surface area contributed by atoms with Crippen LogP contribution in [-0.2, 0) is 0 Å². The van der Waals surface area contributed by atoms with E-state index in [1.54, 1.807) is 31.4 Å². The summed E-state index contributed by atoms with van der Waals surface area (Å²) in [5.74, 6) is 0.833. The van der Waals surface area contributed by atoms with Crippen LogP contribution in [-0.4, -0.2) is 20.1 Å². The lowest BCUT2D eigenvalue weighted by molar-refractivity contribution is 0.102. The van der Waals surface area contributed by atoms with Gasteiger partial charge in [0.2, 0.25) is 0 Å². The lowest BCUT2D eigenvalue weighted by atomic mass is 10.1. The molecule has 0 aliphatic carbocycles. The van der Waals surface area contributed by atoms with Crippen molar-refractivity contribution in [2.75, 3.05) is 25.3 Å². The van der Waals surface area contributed by atoms with Crippen molar-refractivity contribution in [3.8, 4) is 11.5 Å². The van der Waals surface area contributed by atoms with Crippen molar-refractivity contribution in [1.82, 2.24) is 0 Å². The van der Waals surface area contributed by atoms with Gasteiger partial charge in [0.1, 0.15) is 11.5 Å². The normalized spacial score (nSPS) is 10.0. The molecule has 2 rings (SSSR count). The Morgan fingerprint density at radius 1 is 1.05 bits per heavy atom. The van der Waals surface area contributed by atoms with Gasteiger partial charge in [-0.05, 0) is 42.8 Å². The molecule has 110 valence electrons. The number of methoxy groups -OCH3 is 2. The molecule has 0 fully saturated rings. The second kappa shape index (κ2) is 6.17. The maximum atomic E-state index is 12.3. The molecule has 0 bridgehead atoms. The molecule has 0 aliphatic heterocycles. The minimum atomic E-state index is -0.254. The maximum Gasteiger partial charge on any atom is 0.255 e. The summed E-state index contributed by atoms with van der Waals surface area (Å²) in [5.41, 5.74) is 8.36. The Balaban J connectivity index is 2.26. The van der Waals surface area contributed by atoms with Gasteiger partial charge in [-0.3, -0.25) is 4.79 Å². The lowest BCUT2D eigenvalue weighted by Gasteiger charge is -2.12. The van der Waals surface area contributed by atoms with E-state index in [-0.39, 0.29) is 5.91 Å². The van der Waals surface area contributed by atoms with Crippen molar-refractivity contribution in [2.45, 2.75) is 6.92 Å². The Labute approximate surface area is 123 Å². The number of amides is 1. The third-order valence-electron chi connectivity index (χ3n) is 3.10. The Morgan fingerprint density at radius 2 is 1.76 bits per heavy atom. The summed E-state index contributed by atoms with van der Waals surface area (Å²) < 4.78 is 10.4. The number of hydrogen-bond donors (Lipinski definition) is 2. The van der Waals surface area contributed by atoms with Crippen molar-refractivity contribution < 1.29 is 14.3 Å². The summed E-state index contributed by atoms with van der Waals surface area (Å²) >= 11 is 0. The van der Waals surface area contributed by atoms with Gasteiger partial charge in [-0.25, -0.2) is 0 Å². The molecule has 2 aromatic carbocycles. The number of carbonyl (C=O) groups is 1. The molecule has 0 spiro atoms. The van der Waals surface area contributed by atoms with E-state index in [4.69, 9.17) is 15.2 Å². The highest BCUT2D eigenvalue weighted by molar-refractivity contribution is 6.05. The molecule has 0 saturated carbocycles. The molecule has 2 aromatic rings. The maximum absolute atomic E-state index is 12.3. The zero-order valence-electron chi connectivity index (χ0n) is 12.3. The molecule has 0 atom stereocenters. The van der Waals surface area contributed by atoms with E-state index in [0.717, 1.165) is 5.56 Å². The average Bonchev–Trinajstić information content (AvgIpc) is 2.49. The van der Waals surface area contributed by atoms with Crippen molar-refractivity contribution in [3.05, 3.63) is 47.5 Å². The van der Waals surface area contributed by atoms with Gasteiger partial charge in [-0.1, -0.05) is 6.07 Å². The Hall–Kier alpha value is -2.69. The SMILES string of the molecule is COc1cc(C(=O)Nc2ccc(C)cc2OC)ccc1N. The third kappa shape index (κ3) is 3.25. The zero-order valence-corrected chi connectivity index (χ0v) is 12.3. The minimum absolute atomic E-state index is 0.254. The summed E-state index contributed by atoms with van der Waals surface area (Å²) in [6, 6.07) is 10.5. The first-order chi connectivity index (χ1) is 10.0. The molecule has 0 aliphatic rings. The Morgan fingerprint density at radius 3 is 2.43 bits per heavy atom. The standard InChI is InChI=1S/C16H18N2O3/c1-10-4-7-13(15(8-10)21-3)18-16(19)11-5-6-12(17)14(9-11)20-2/h4-9H,17H2,1-3H3,(H,18,19). The number of hydrogen-bond acceptors (Lipinski definition) is 4. The predicted molar refractivity (Wildman–Crippen MR) is 83.1 cm³/mol. The van der Waals surface area contributed by atoms with Gasteiger partial charge >= 0.3 is 0 Å². The average molecular weight is 286 g/mol. The van der Waals surface area contributed by atoms with Crippen LogP contribution in [0.5, 0.6) is 11.5 Å². The van der Waals surface area contributed by atoms with E-state index >= 15 is 0 Å². The molecule has 1 amide bonds. The molecule has 5 nitrogen and oxygen atoms in total. The molecule has 0 saturated heterocycles. The van der Waals surface area contributed by atoms with E-state index < -0.39 is 0 Å². The molecule has 0 unspecified atom stereocenters. The van der Waals surface area contributed by atoms with Crippen molar-refractivity contribution in [2.24, 2.45) is 0 Å². The summed E-state index contributed by atoms with van der Waals surface area (Å²) in [5, 5.41) is 2.82. The zero-order chi connectivity index (χ0) is 15.4. The first kappa shape index (κ1) is 14.7. The van der Waals surface area contributed by atoms with Gasteiger partial charge in [0, 0.05) is 5.56 Å². The number of rotatable bonds is 4. The van der Waals surface area contributed by atoms with Crippen LogP contribution < -0.4 is 20.5 Å². The van der Waals surface area contributed by atoms with Crippen LogP contribution in [0.25, 0.3) is 0 Å². The van der Waals surface area contributed by atoms with E-state index in [2.05, 4.69) is 5.32 Å². The lowest BCUT2D eigenvalue weighted by Crippen LogP contribution is -2.13. The van der Waals surface area contributed by atoms with Crippen molar-refractivity contribution >= 4 is 17.3 Å². The first-order valence-corrected chi connectivity index (χ1v) is 6.44. The Kier molecular flexibility index (Phi) is 4.33. The van der Waals surface area contributed by atoms with E-state index in [1.807, 2.05) is 19.1 Å². The summed E-state index contributed by atoms with van der Waals surface area (Å²) in [6.45, 7) is 1.96. The topological polar surface area (TPSA) is 73.6 Å². The smallest absolute Gasteiger partial charge is 0.255 e. The molecular weight excluding hydrogens is 268 g/mol. The van der Waals surface area contributed by atoms with Crippen LogP contribution in [0.4, 0.5) is 11.4 Å². The fraction of sp³-hybridized carbons (Fsp3) is 0.188. The molecule has 3 N–H and O–H groups in total. The van der Waals surface area contributed by atoms with Crippen LogP contribution >= 0.6 is 0 Å². The van der Waals surface area contributed by atoms with Crippen molar-refractivity contribution in [3.63, 3.8) is 0 Å². The summed E-state index contributed by atoms with van der Waals surface area (Å²) in [4.78, 5) is 12.3. The highest BCUT2D eigenvalue weighted by Crippen LogP contribution is 2.27. The van der Waals surface area contributed by atoms with Crippen LogP contribution in [0.2, 0.25) is 0 Å². The highest BCUT2D eigenvalue weighted by Gasteiger charge is 2.12. The third-order valence-corrected chi connectivity index (χ3v) is 3.10. The van der Waals surface area contributed by atoms with Gasteiger partial charge in [-0.2, -0.15) is 0 Å². The van der Waals surface area contributed by atoms with E-state index in [0.29, 0.717) is 28.4 Å². The van der Waals surface area contributed by atoms with Crippen LogP contribution in [0.1, 0.15) is 15.9 Å². The van der Waals surface area contributed by atoms with E-state index in [1.165, 1.54) is 7.11 Å². The van der Waals surface area contributed by atoms with Gasteiger partial charge in [0.05, 0.1) is 25.6 Å². The summed E-state index contributed by atoms with van der Waals surface area (Å²) in [6.07, 6.45) is 0. The number of carbonyl (C=O) groups excluding carboxylic acids is 1. The second-order valence-electron chi connectivity index (χ2n) is 4.61. The quantitative estimate of drug-likeness (QED) is 0.848. The Bertz CT molecular complexity index is 669. The molecular formula is C16H18N2O3. The van der Waals surface area contributed by atoms with Gasteiger partial charge in [0.25, 0.3) is 5.91 Å². The van der Waals surface area contributed by atoms with Gasteiger partial charge < -0.3 is 20.5 Å². The number of aryl methyl sites for hydroxylation is 1.